The molecule has 0 aliphatic carbocycles. The fourth-order valence-electron chi connectivity index (χ4n) is 3.15. The lowest BCUT2D eigenvalue weighted by Gasteiger charge is -2.11. The topological polar surface area (TPSA) is 52.6 Å². The number of carbonyl (C=O) groups excluding carboxylic acids is 2. The fraction of sp³-hybridized carbons (Fsp3) is 0.0833. The maximum absolute atomic E-state index is 12.8. The average molecular weight is 439 g/mol. The van der Waals surface area contributed by atoms with E-state index in [1.54, 1.807) is 61.5 Å². The molecule has 4 nitrogen and oxygen atoms in total. The maximum Gasteiger partial charge on any atom is 0.231 e. The number of benzene rings is 3. The molecule has 0 atom stereocenters. The molecule has 0 fully saturated rings. The molecule has 1 heterocycles. The van der Waals surface area contributed by atoms with Gasteiger partial charge in [0.2, 0.25) is 5.78 Å². The summed E-state index contributed by atoms with van der Waals surface area (Å²) in [5.41, 5.74) is 2.14. The Labute approximate surface area is 183 Å². The molecule has 6 heteroatoms. The van der Waals surface area contributed by atoms with E-state index in [9.17, 15) is 9.59 Å². The largest absolute Gasteiger partial charge is 0.485 e. The zero-order valence-electron chi connectivity index (χ0n) is 15.9. The van der Waals surface area contributed by atoms with Gasteiger partial charge in [0.05, 0.1) is 5.56 Å². The quantitative estimate of drug-likeness (QED) is 0.352. The summed E-state index contributed by atoms with van der Waals surface area (Å²) in [4.78, 5) is 25.1. The number of carbonyl (C=O) groups is 2. The van der Waals surface area contributed by atoms with E-state index in [2.05, 4.69) is 0 Å². The Morgan fingerprint density at radius 2 is 1.70 bits per heavy atom. The molecule has 1 aliphatic heterocycles. The smallest absolute Gasteiger partial charge is 0.231 e. The lowest BCUT2D eigenvalue weighted by molar-refractivity contribution is 0.0920. The van der Waals surface area contributed by atoms with E-state index in [1.807, 2.05) is 6.07 Å². The lowest BCUT2D eigenvalue weighted by Crippen LogP contribution is -2.12. The van der Waals surface area contributed by atoms with Crippen LogP contribution in [0.15, 0.2) is 66.4 Å². The summed E-state index contributed by atoms with van der Waals surface area (Å²) in [5, 5.41) is 0.838. The third-order valence-corrected chi connectivity index (χ3v) is 5.43. The van der Waals surface area contributed by atoms with Crippen LogP contribution in [0.25, 0.3) is 6.08 Å². The molecule has 0 unspecified atom stereocenters. The standard InChI is InChI=1S/C24H16Cl2O4/c1-14-21(29-13-20(27)15-6-3-2-4-7-15)11-10-16-23(28)22(30-24(14)16)12-17-18(25)8-5-9-19(17)26/h2-12H,13H2,1H3/b22-12-. The number of ether oxygens (including phenoxy) is 2. The van der Waals surface area contributed by atoms with Crippen molar-refractivity contribution in [2.24, 2.45) is 0 Å². The zero-order valence-corrected chi connectivity index (χ0v) is 17.5. The molecule has 0 radical (unpaired) electrons. The minimum Gasteiger partial charge on any atom is -0.485 e. The molecule has 1 aliphatic rings. The average Bonchev–Trinajstić information content (AvgIpc) is 3.07. The Hall–Kier alpha value is -3.08. The van der Waals surface area contributed by atoms with E-state index in [0.29, 0.717) is 43.8 Å². The molecular weight excluding hydrogens is 423 g/mol. The van der Waals surface area contributed by atoms with Crippen molar-refractivity contribution in [1.82, 2.24) is 0 Å². The first-order valence-corrected chi connectivity index (χ1v) is 9.94. The Morgan fingerprint density at radius 1 is 1.00 bits per heavy atom. The van der Waals surface area contributed by atoms with Crippen molar-refractivity contribution < 1.29 is 19.1 Å². The summed E-state index contributed by atoms with van der Waals surface area (Å²) in [5.74, 6) is 0.597. The van der Waals surface area contributed by atoms with Gasteiger partial charge in [-0.3, -0.25) is 9.59 Å². The van der Waals surface area contributed by atoms with Crippen LogP contribution in [0.4, 0.5) is 0 Å². The van der Waals surface area contributed by atoms with E-state index < -0.39 is 0 Å². The Bertz CT molecular complexity index is 1160. The summed E-state index contributed by atoms with van der Waals surface area (Å²) in [6.45, 7) is 1.66. The highest BCUT2D eigenvalue weighted by atomic mass is 35.5. The van der Waals surface area contributed by atoms with Crippen LogP contribution in [0.3, 0.4) is 0 Å². The second-order valence-corrected chi connectivity index (χ2v) is 7.53. The molecule has 0 bridgehead atoms. The predicted octanol–water partition coefficient (Wildman–Crippen LogP) is 6.18. The SMILES string of the molecule is Cc1c(OCC(=O)c2ccccc2)ccc2c1O/C(=C\c1c(Cl)cccc1Cl)C2=O. The van der Waals surface area contributed by atoms with Gasteiger partial charge in [0, 0.05) is 26.7 Å². The number of rotatable bonds is 5. The fourth-order valence-corrected chi connectivity index (χ4v) is 3.66. The molecule has 0 N–H and O–H groups in total. The van der Waals surface area contributed by atoms with Gasteiger partial charge < -0.3 is 9.47 Å². The van der Waals surface area contributed by atoms with Gasteiger partial charge in [-0.1, -0.05) is 59.6 Å². The van der Waals surface area contributed by atoms with Crippen LogP contribution in [0, 0.1) is 6.92 Å². The number of Topliss-reactive ketones (excluding diaryl/α,β-unsaturated/α-hetero) is 2. The molecule has 3 aromatic rings. The van der Waals surface area contributed by atoms with Crippen molar-refractivity contribution in [2.75, 3.05) is 6.61 Å². The lowest BCUT2D eigenvalue weighted by atomic mass is 10.1. The van der Waals surface area contributed by atoms with Gasteiger partial charge in [-0.2, -0.15) is 0 Å². The van der Waals surface area contributed by atoms with Gasteiger partial charge in [-0.25, -0.2) is 0 Å². The Kier molecular flexibility index (Phi) is 5.62. The van der Waals surface area contributed by atoms with Gasteiger partial charge in [0.15, 0.2) is 18.1 Å². The van der Waals surface area contributed by atoms with Crippen molar-refractivity contribution in [2.45, 2.75) is 6.92 Å². The minimum absolute atomic E-state index is 0.116. The molecule has 4 rings (SSSR count). The second-order valence-electron chi connectivity index (χ2n) is 6.72. The van der Waals surface area contributed by atoms with Gasteiger partial charge in [0.1, 0.15) is 11.5 Å². The van der Waals surface area contributed by atoms with Crippen LogP contribution in [0.2, 0.25) is 10.0 Å². The third kappa shape index (κ3) is 3.84. The van der Waals surface area contributed by atoms with Crippen LogP contribution in [-0.4, -0.2) is 18.2 Å². The first-order chi connectivity index (χ1) is 14.5. The highest BCUT2D eigenvalue weighted by Gasteiger charge is 2.30. The molecular formula is C24H16Cl2O4. The van der Waals surface area contributed by atoms with Crippen molar-refractivity contribution >= 4 is 40.8 Å². The molecule has 0 spiro atoms. The van der Waals surface area contributed by atoms with Gasteiger partial charge in [-0.15, -0.1) is 0 Å². The summed E-state index contributed by atoms with van der Waals surface area (Å²) < 4.78 is 11.5. The van der Waals surface area contributed by atoms with Gasteiger partial charge in [-0.05, 0) is 37.3 Å². The van der Waals surface area contributed by atoms with Crippen molar-refractivity contribution in [1.29, 1.82) is 0 Å². The number of fused-ring (bicyclic) bond motifs is 1. The van der Waals surface area contributed by atoms with E-state index in [4.69, 9.17) is 32.7 Å². The van der Waals surface area contributed by atoms with E-state index in [-0.39, 0.29) is 23.9 Å². The molecule has 0 amide bonds. The molecule has 0 saturated carbocycles. The molecule has 3 aromatic carbocycles. The zero-order chi connectivity index (χ0) is 21.3. The Balaban J connectivity index is 1.57. The Morgan fingerprint density at radius 3 is 2.40 bits per heavy atom. The molecule has 150 valence electrons. The molecule has 30 heavy (non-hydrogen) atoms. The van der Waals surface area contributed by atoms with Gasteiger partial charge in [0.25, 0.3) is 0 Å². The number of allylic oxidation sites excluding steroid dienone is 1. The van der Waals surface area contributed by atoms with Crippen molar-refractivity contribution in [3.8, 4) is 11.5 Å². The number of hydrogen-bond acceptors (Lipinski definition) is 4. The third-order valence-electron chi connectivity index (χ3n) is 4.77. The summed E-state index contributed by atoms with van der Waals surface area (Å²) in [6.07, 6.45) is 1.53. The molecule has 0 aromatic heterocycles. The van der Waals surface area contributed by atoms with E-state index in [1.165, 1.54) is 6.08 Å². The van der Waals surface area contributed by atoms with Crippen molar-refractivity contribution in [3.05, 3.63) is 98.7 Å². The van der Waals surface area contributed by atoms with Gasteiger partial charge >= 0.3 is 0 Å². The van der Waals surface area contributed by atoms with Crippen LogP contribution in [-0.2, 0) is 0 Å². The first-order valence-electron chi connectivity index (χ1n) is 9.18. The predicted molar refractivity (Wildman–Crippen MR) is 117 cm³/mol. The van der Waals surface area contributed by atoms with Crippen molar-refractivity contribution in [3.63, 3.8) is 0 Å². The number of hydrogen-bond donors (Lipinski definition) is 0. The second kappa shape index (κ2) is 8.34. The van der Waals surface area contributed by atoms with E-state index in [0.717, 1.165) is 0 Å². The summed E-state index contributed by atoms with van der Waals surface area (Å²) >= 11 is 12.4. The monoisotopic (exact) mass is 438 g/mol. The van der Waals surface area contributed by atoms with Crippen LogP contribution in [0.1, 0.15) is 31.8 Å². The first kappa shape index (κ1) is 20.2. The highest BCUT2D eigenvalue weighted by Crippen LogP contribution is 2.40. The highest BCUT2D eigenvalue weighted by molar-refractivity contribution is 6.37. The summed E-state index contributed by atoms with van der Waals surface area (Å²) in [6, 6.07) is 17.3. The van der Waals surface area contributed by atoms with Crippen LogP contribution in [0.5, 0.6) is 11.5 Å². The maximum atomic E-state index is 12.8. The van der Waals surface area contributed by atoms with Crippen LogP contribution >= 0.6 is 23.2 Å². The van der Waals surface area contributed by atoms with E-state index >= 15 is 0 Å². The summed E-state index contributed by atoms with van der Waals surface area (Å²) in [7, 11) is 0. The molecule has 0 saturated heterocycles. The normalized spacial score (nSPS) is 13.8. The number of halogens is 2. The number of ketones is 2. The minimum atomic E-state index is -0.268. The van der Waals surface area contributed by atoms with Crippen LogP contribution < -0.4 is 9.47 Å².